The number of amides is 1. The van der Waals surface area contributed by atoms with E-state index in [1.807, 2.05) is 36.4 Å². The fraction of sp³-hybridized carbons (Fsp3) is 0.417. The number of esters is 1. The Balaban J connectivity index is 1.46. The molecule has 0 radical (unpaired) electrons. The molecule has 0 unspecified atom stereocenters. The standard InChI is InChI=1S/C24H31N3O4/c1-2-3-12-25-22-7-5-4-6-21(22)24(29)31-18-23(28)26-20-10-8-19(9-11-20)17-27-13-15-30-16-14-27/h4-11,25H,2-3,12-18H2,1H3,(H,26,28). The molecule has 0 spiro atoms. The van der Waals surface area contributed by atoms with Crippen molar-refractivity contribution in [2.24, 2.45) is 0 Å². The fourth-order valence-electron chi connectivity index (χ4n) is 3.33. The third kappa shape index (κ3) is 7.38. The number of carbonyl (C=O) groups is 2. The first-order valence-electron chi connectivity index (χ1n) is 10.8. The van der Waals surface area contributed by atoms with Crippen molar-refractivity contribution in [3.63, 3.8) is 0 Å². The highest BCUT2D eigenvalue weighted by Crippen LogP contribution is 2.17. The number of para-hydroxylation sites is 1. The van der Waals surface area contributed by atoms with Crippen molar-refractivity contribution >= 4 is 23.3 Å². The second-order valence-corrected chi connectivity index (χ2v) is 7.54. The number of rotatable bonds is 10. The van der Waals surface area contributed by atoms with Gasteiger partial charge in [0.15, 0.2) is 6.61 Å². The Hall–Kier alpha value is -2.90. The van der Waals surface area contributed by atoms with E-state index in [0.717, 1.165) is 57.9 Å². The molecule has 0 aromatic heterocycles. The summed E-state index contributed by atoms with van der Waals surface area (Å²) in [5.41, 5.74) is 3.00. The van der Waals surface area contributed by atoms with Crippen LogP contribution in [0.1, 0.15) is 35.7 Å². The summed E-state index contributed by atoms with van der Waals surface area (Å²) in [4.78, 5) is 27.0. The summed E-state index contributed by atoms with van der Waals surface area (Å²) < 4.78 is 10.6. The number of hydrogen-bond acceptors (Lipinski definition) is 6. The predicted molar refractivity (Wildman–Crippen MR) is 121 cm³/mol. The largest absolute Gasteiger partial charge is 0.452 e. The maximum absolute atomic E-state index is 12.4. The Kier molecular flexibility index (Phi) is 8.87. The topological polar surface area (TPSA) is 79.9 Å². The van der Waals surface area contributed by atoms with E-state index in [0.29, 0.717) is 11.3 Å². The van der Waals surface area contributed by atoms with Gasteiger partial charge in [0.1, 0.15) is 0 Å². The molecule has 0 atom stereocenters. The molecule has 0 aliphatic carbocycles. The molecule has 1 aliphatic rings. The summed E-state index contributed by atoms with van der Waals surface area (Å²) in [6, 6.07) is 14.9. The van der Waals surface area contributed by atoms with Crippen LogP contribution in [0.3, 0.4) is 0 Å². The predicted octanol–water partition coefficient (Wildman–Crippen LogP) is 3.53. The van der Waals surface area contributed by atoms with Gasteiger partial charge in [-0.3, -0.25) is 9.69 Å². The maximum Gasteiger partial charge on any atom is 0.340 e. The highest BCUT2D eigenvalue weighted by molar-refractivity contribution is 5.98. The van der Waals surface area contributed by atoms with Crippen molar-refractivity contribution in [2.45, 2.75) is 26.3 Å². The van der Waals surface area contributed by atoms with Crippen molar-refractivity contribution in [3.8, 4) is 0 Å². The van der Waals surface area contributed by atoms with Crippen LogP contribution in [-0.4, -0.2) is 56.2 Å². The first-order chi connectivity index (χ1) is 15.2. The number of nitrogens with one attached hydrogen (secondary N) is 2. The highest BCUT2D eigenvalue weighted by atomic mass is 16.5. The van der Waals surface area contributed by atoms with Gasteiger partial charge in [-0.25, -0.2) is 4.79 Å². The summed E-state index contributed by atoms with van der Waals surface area (Å²) in [6.45, 7) is 6.82. The Morgan fingerprint density at radius 3 is 2.55 bits per heavy atom. The van der Waals surface area contributed by atoms with Crippen molar-refractivity contribution in [1.29, 1.82) is 0 Å². The van der Waals surface area contributed by atoms with Gasteiger partial charge in [0.25, 0.3) is 5.91 Å². The molecule has 31 heavy (non-hydrogen) atoms. The summed E-state index contributed by atoms with van der Waals surface area (Å²) in [7, 11) is 0. The quantitative estimate of drug-likeness (QED) is 0.448. The second-order valence-electron chi connectivity index (χ2n) is 7.54. The molecule has 1 fully saturated rings. The van der Waals surface area contributed by atoms with Crippen LogP contribution in [0.4, 0.5) is 11.4 Å². The maximum atomic E-state index is 12.4. The zero-order valence-electron chi connectivity index (χ0n) is 18.1. The molecule has 166 valence electrons. The van der Waals surface area contributed by atoms with Gasteiger partial charge in [-0.05, 0) is 36.2 Å². The minimum absolute atomic E-state index is 0.336. The first-order valence-corrected chi connectivity index (χ1v) is 10.8. The van der Waals surface area contributed by atoms with E-state index in [1.54, 1.807) is 12.1 Å². The lowest BCUT2D eigenvalue weighted by atomic mass is 10.1. The number of carbonyl (C=O) groups excluding carboxylic acids is 2. The van der Waals surface area contributed by atoms with Crippen LogP contribution in [0, 0.1) is 0 Å². The first kappa shape index (κ1) is 22.8. The summed E-state index contributed by atoms with van der Waals surface area (Å²) in [5, 5.41) is 6.02. The van der Waals surface area contributed by atoms with Gasteiger partial charge in [-0.1, -0.05) is 37.6 Å². The highest BCUT2D eigenvalue weighted by Gasteiger charge is 2.14. The lowest BCUT2D eigenvalue weighted by Crippen LogP contribution is -2.35. The molecular formula is C24H31N3O4. The molecule has 7 heteroatoms. The summed E-state index contributed by atoms with van der Waals surface area (Å²) >= 11 is 0. The smallest absolute Gasteiger partial charge is 0.340 e. The molecular weight excluding hydrogens is 394 g/mol. The number of unbranched alkanes of at least 4 members (excludes halogenated alkanes) is 1. The average Bonchev–Trinajstić information content (AvgIpc) is 2.80. The third-order valence-electron chi connectivity index (χ3n) is 5.07. The van der Waals surface area contributed by atoms with Crippen molar-refractivity contribution < 1.29 is 19.1 Å². The molecule has 1 heterocycles. The summed E-state index contributed by atoms with van der Waals surface area (Å²) in [6.07, 6.45) is 2.07. The van der Waals surface area contributed by atoms with Gasteiger partial charge < -0.3 is 20.1 Å². The van der Waals surface area contributed by atoms with E-state index in [2.05, 4.69) is 22.5 Å². The molecule has 2 N–H and O–H groups in total. The lowest BCUT2D eigenvalue weighted by molar-refractivity contribution is -0.119. The minimum Gasteiger partial charge on any atom is -0.452 e. The SMILES string of the molecule is CCCCNc1ccccc1C(=O)OCC(=O)Nc1ccc(CN2CCOCC2)cc1. The van der Waals surface area contributed by atoms with Crippen LogP contribution < -0.4 is 10.6 Å². The van der Waals surface area contributed by atoms with Crippen molar-refractivity contribution in [1.82, 2.24) is 4.90 Å². The van der Waals surface area contributed by atoms with Crippen molar-refractivity contribution in [3.05, 3.63) is 59.7 Å². The number of hydrogen-bond donors (Lipinski definition) is 2. The van der Waals surface area contributed by atoms with Crippen LogP contribution in [-0.2, 0) is 20.8 Å². The number of ether oxygens (including phenoxy) is 2. The van der Waals surface area contributed by atoms with Gasteiger partial charge in [-0.15, -0.1) is 0 Å². The zero-order valence-corrected chi connectivity index (χ0v) is 18.1. The molecule has 1 amide bonds. The normalized spacial score (nSPS) is 14.1. The van der Waals surface area contributed by atoms with Gasteiger partial charge in [0.05, 0.1) is 18.8 Å². The minimum atomic E-state index is -0.518. The molecule has 2 aromatic carbocycles. The molecule has 3 rings (SSSR count). The second kappa shape index (κ2) is 12.1. The van der Waals surface area contributed by atoms with Crippen LogP contribution in [0.15, 0.2) is 48.5 Å². The molecule has 1 aliphatic heterocycles. The number of nitrogens with zero attached hydrogens (tertiary/aromatic N) is 1. The number of morpholine rings is 1. The van der Waals surface area contributed by atoms with E-state index in [4.69, 9.17) is 9.47 Å². The molecule has 2 aromatic rings. The van der Waals surface area contributed by atoms with Crippen LogP contribution in [0.25, 0.3) is 0 Å². The molecule has 1 saturated heterocycles. The monoisotopic (exact) mass is 425 g/mol. The van der Waals surface area contributed by atoms with Gasteiger partial charge in [0, 0.05) is 37.6 Å². The Morgan fingerprint density at radius 2 is 1.81 bits per heavy atom. The van der Waals surface area contributed by atoms with Crippen LogP contribution in [0.5, 0.6) is 0 Å². The zero-order chi connectivity index (χ0) is 21.9. The Labute approximate surface area is 183 Å². The van der Waals surface area contributed by atoms with E-state index in [1.165, 1.54) is 5.56 Å². The van der Waals surface area contributed by atoms with Gasteiger partial charge >= 0.3 is 5.97 Å². The van der Waals surface area contributed by atoms with Gasteiger partial charge in [0.2, 0.25) is 0 Å². The summed E-state index contributed by atoms with van der Waals surface area (Å²) in [5.74, 6) is -0.888. The number of anilines is 2. The van der Waals surface area contributed by atoms with Crippen LogP contribution >= 0.6 is 0 Å². The Morgan fingerprint density at radius 1 is 1.06 bits per heavy atom. The van der Waals surface area contributed by atoms with E-state index >= 15 is 0 Å². The molecule has 0 bridgehead atoms. The Bertz CT molecular complexity index is 848. The fourth-order valence-corrected chi connectivity index (χ4v) is 3.33. The lowest BCUT2D eigenvalue weighted by Gasteiger charge is -2.26. The molecule has 7 nitrogen and oxygen atoms in total. The number of benzene rings is 2. The third-order valence-corrected chi connectivity index (χ3v) is 5.07. The van der Waals surface area contributed by atoms with Crippen molar-refractivity contribution in [2.75, 3.05) is 50.1 Å². The van der Waals surface area contributed by atoms with E-state index in [9.17, 15) is 9.59 Å². The van der Waals surface area contributed by atoms with Crippen LogP contribution in [0.2, 0.25) is 0 Å². The van der Waals surface area contributed by atoms with E-state index < -0.39 is 5.97 Å². The molecule has 0 saturated carbocycles. The average molecular weight is 426 g/mol. The van der Waals surface area contributed by atoms with Gasteiger partial charge in [-0.2, -0.15) is 0 Å². The van der Waals surface area contributed by atoms with E-state index in [-0.39, 0.29) is 12.5 Å².